The van der Waals surface area contributed by atoms with Gasteiger partial charge >= 0.3 is 6.18 Å². The zero-order valence-corrected chi connectivity index (χ0v) is 21.6. The van der Waals surface area contributed by atoms with Crippen LogP contribution >= 0.6 is 0 Å². The lowest BCUT2D eigenvalue weighted by atomic mass is 9.75. The molecule has 0 bridgehead atoms. The maximum atomic E-state index is 14.7. The molecule has 1 N–H and O–H groups in total. The van der Waals surface area contributed by atoms with E-state index in [2.05, 4.69) is 22.7 Å². The third kappa shape index (κ3) is 4.74. The Morgan fingerprint density at radius 1 is 1.19 bits per heavy atom. The second kappa shape index (κ2) is 9.63. The molecule has 0 saturated heterocycles. The molecule has 0 radical (unpaired) electrons. The number of rotatable bonds is 5. The number of nitriles is 1. The number of fused-ring (bicyclic) bond motifs is 1. The summed E-state index contributed by atoms with van der Waals surface area (Å²) in [5.41, 5.74) is 1.55. The Bertz CT molecular complexity index is 1300. The third-order valence-corrected chi connectivity index (χ3v) is 9.68. The normalized spacial score (nSPS) is 24.4. The van der Waals surface area contributed by atoms with E-state index in [0.29, 0.717) is 40.3 Å². The van der Waals surface area contributed by atoms with E-state index in [-0.39, 0.29) is 35.4 Å². The van der Waals surface area contributed by atoms with Gasteiger partial charge in [-0.25, -0.2) is 13.3 Å². The van der Waals surface area contributed by atoms with Crippen molar-refractivity contribution in [3.63, 3.8) is 0 Å². The molecular formula is C28H29F4N3OS. The van der Waals surface area contributed by atoms with Gasteiger partial charge in [-0.3, -0.25) is 4.98 Å². The molecule has 0 spiro atoms. The summed E-state index contributed by atoms with van der Waals surface area (Å²) in [6.45, 7) is 3.88. The predicted octanol–water partition coefficient (Wildman–Crippen LogP) is 6.98. The van der Waals surface area contributed by atoms with E-state index in [4.69, 9.17) is 0 Å². The number of benzene rings is 1. The van der Waals surface area contributed by atoms with Crippen LogP contribution in [0.2, 0.25) is 0 Å². The molecule has 5 rings (SSSR count). The average Bonchev–Trinajstić information content (AvgIpc) is 3.49. The van der Waals surface area contributed by atoms with Crippen LogP contribution < -0.4 is 4.72 Å². The summed E-state index contributed by atoms with van der Waals surface area (Å²) >= 11 is 0. The van der Waals surface area contributed by atoms with Gasteiger partial charge in [0.15, 0.2) is 0 Å². The SMILES string of the molecule is Cc1cc2c(cc1F)C(C#N)=C(c1ccc(S(=O)NC3(C(F)(F)F)CC3)cn1)CC(C1CCCC1)C2C. The van der Waals surface area contributed by atoms with Crippen molar-refractivity contribution in [1.29, 1.82) is 5.26 Å². The summed E-state index contributed by atoms with van der Waals surface area (Å²) in [6, 6.07) is 8.70. The van der Waals surface area contributed by atoms with Gasteiger partial charge < -0.3 is 0 Å². The van der Waals surface area contributed by atoms with Gasteiger partial charge in [0.25, 0.3) is 0 Å². The molecule has 0 aliphatic heterocycles. The lowest BCUT2D eigenvalue weighted by Gasteiger charge is -2.29. The Morgan fingerprint density at radius 2 is 1.89 bits per heavy atom. The highest BCUT2D eigenvalue weighted by Crippen LogP contribution is 2.50. The number of nitrogens with one attached hydrogen (secondary N) is 1. The number of alkyl halides is 3. The van der Waals surface area contributed by atoms with E-state index in [1.165, 1.54) is 31.2 Å². The van der Waals surface area contributed by atoms with Crippen LogP contribution in [-0.2, 0) is 11.0 Å². The highest BCUT2D eigenvalue weighted by Gasteiger charge is 2.64. The van der Waals surface area contributed by atoms with Crippen LogP contribution in [0.4, 0.5) is 17.6 Å². The zero-order chi connectivity index (χ0) is 26.5. The zero-order valence-electron chi connectivity index (χ0n) is 20.8. The van der Waals surface area contributed by atoms with E-state index in [0.717, 1.165) is 18.4 Å². The fourth-order valence-electron chi connectivity index (χ4n) is 6.00. The topological polar surface area (TPSA) is 65.8 Å². The van der Waals surface area contributed by atoms with Crippen LogP contribution in [0.3, 0.4) is 0 Å². The summed E-state index contributed by atoms with van der Waals surface area (Å²) in [7, 11) is -2.08. The first kappa shape index (κ1) is 26.1. The summed E-state index contributed by atoms with van der Waals surface area (Å²) in [6.07, 6.45) is 1.75. The number of hydrogen-bond acceptors (Lipinski definition) is 3. The van der Waals surface area contributed by atoms with Crippen LogP contribution in [0.25, 0.3) is 11.1 Å². The molecule has 3 unspecified atom stereocenters. The van der Waals surface area contributed by atoms with Crippen molar-refractivity contribution in [2.75, 3.05) is 0 Å². The summed E-state index contributed by atoms with van der Waals surface area (Å²) in [5, 5.41) is 10.2. The minimum atomic E-state index is -4.48. The van der Waals surface area contributed by atoms with Crippen molar-refractivity contribution in [3.8, 4) is 6.07 Å². The summed E-state index contributed by atoms with van der Waals surface area (Å²) < 4.78 is 69.5. The van der Waals surface area contributed by atoms with Crippen molar-refractivity contribution in [3.05, 3.63) is 58.7 Å². The maximum absolute atomic E-state index is 14.7. The number of allylic oxidation sites excluding steroid dienone is 2. The Kier molecular flexibility index (Phi) is 6.78. The lowest BCUT2D eigenvalue weighted by Crippen LogP contribution is -2.45. The van der Waals surface area contributed by atoms with E-state index in [9.17, 15) is 27.0 Å². The van der Waals surface area contributed by atoms with Crippen LogP contribution in [0.15, 0.2) is 35.4 Å². The van der Waals surface area contributed by atoms with E-state index >= 15 is 0 Å². The smallest absolute Gasteiger partial charge is 0.255 e. The molecule has 0 amide bonds. The fourth-order valence-corrected chi connectivity index (χ4v) is 7.13. The highest BCUT2D eigenvalue weighted by atomic mass is 32.2. The number of nitrogens with zero attached hydrogens (tertiary/aromatic N) is 2. The highest BCUT2D eigenvalue weighted by molar-refractivity contribution is 7.83. The van der Waals surface area contributed by atoms with Crippen molar-refractivity contribution in [2.24, 2.45) is 11.8 Å². The van der Waals surface area contributed by atoms with Gasteiger partial charge in [0.1, 0.15) is 28.4 Å². The van der Waals surface area contributed by atoms with Gasteiger partial charge in [-0.1, -0.05) is 38.7 Å². The molecule has 9 heteroatoms. The van der Waals surface area contributed by atoms with Crippen molar-refractivity contribution in [2.45, 2.75) is 81.3 Å². The first-order chi connectivity index (χ1) is 17.5. The molecule has 4 nitrogen and oxygen atoms in total. The summed E-state index contributed by atoms with van der Waals surface area (Å²) in [5.74, 6) is 0.465. The molecule has 3 aliphatic rings. The minimum Gasteiger partial charge on any atom is -0.255 e. The first-order valence-electron chi connectivity index (χ1n) is 12.7. The Balaban J connectivity index is 1.53. The minimum absolute atomic E-state index is 0.109. The summed E-state index contributed by atoms with van der Waals surface area (Å²) in [4.78, 5) is 4.59. The Morgan fingerprint density at radius 3 is 2.46 bits per heavy atom. The number of hydrogen-bond donors (Lipinski definition) is 1. The molecular weight excluding hydrogens is 502 g/mol. The predicted molar refractivity (Wildman–Crippen MR) is 134 cm³/mol. The second-order valence-corrected chi connectivity index (χ2v) is 11.9. The molecule has 2 saturated carbocycles. The van der Waals surface area contributed by atoms with Crippen LogP contribution in [0.5, 0.6) is 0 Å². The van der Waals surface area contributed by atoms with Gasteiger partial charge in [0, 0.05) is 6.20 Å². The van der Waals surface area contributed by atoms with Gasteiger partial charge in [-0.2, -0.15) is 18.4 Å². The number of aromatic nitrogens is 1. The molecule has 37 heavy (non-hydrogen) atoms. The molecule has 3 aliphatic carbocycles. The van der Waals surface area contributed by atoms with E-state index in [1.807, 2.05) is 6.07 Å². The number of pyridine rings is 1. The quantitative estimate of drug-likeness (QED) is 0.423. The van der Waals surface area contributed by atoms with Crippen molar-refractivity contribution < 1.29 is 21.8 Å². The van der Waals surface area contributed by atoms with Gasteiger partial charge in [0.05, 0.1) is 16.2 Å². The molecule has 1 heterocycles. The standard InChI is InChI=1S/C28H29F4N3OS/c1-16-11-21-17(2)20(18-5-3-4-6-18)12-23(24(14-33)22(21)13-25(16)29)26-8-7-19(15-34-26)37(36)35-27(9-10-27)28(30,31)32/h7-8,11,13,15,17-18,20,35H,3-6,9-10,12H2,1-2H3. The van der Waals surface area contributed by atoms with Crippen LogP contribution in [-0.4, -0.2) is 20.9 Å². The monoisotopic (exact) mass is 531 g/mol. The molecule has 3 atom stereocenters. The fraction of sp³-hybridized carbons (Fsp3) is 0.500. The largest absolute Gasteiger partial charge is 0.407 e. The maximum Gasteiger partial charge on any atom is 0.407 e. The van der Waals surface area contributed by atoms with Crippen LogP contribution in [0.1, 0.15) is 80.2 Å². The average molecular weight is 532 g/mol. The lowest BCUT2D eigenvalue weighted by molar-refractivity contribution is -0.160. The Hall–Kier alpha value is -2.57. The van der Waals surface area contributed by atoms with Gasteiger partial charge in [-0.15, -0.1) is 0 Å². The second-order valence-electron chi connectivity index (χ2n) is 10.7. The molecule has 2 fully saturated rings. The van der Waals surface area contributed by atoms with E-state index in [1.54, 1.807) is 13.0 Å². The molecule has 1 aromatic carbocycles. The van der Waals surface area contributed by atoms with Crippen molar-refractivity contribution in [1.82, 2.24) is 9.71 Å². The molecule has 1 aromatic heterocycles. The van der Waals surface area contributed by atoms with Gasteiger partial charge in [-0.05, 0) is 84.4 Å². The Labute approximate surface area is 216 Å². The number of halogens is 4. The van der Waals surface area contributed by atoms with E-state index < -0.39 is 22.7 Å². The molecule has 2 aromatic rings. The van der Waals surface area contributed by atoms with Crippen molar-refractivity contribution >= 4 is 22.1 Å². The van der Waals surface area contributed by atoms with Crippen LogP contribution in [0, 0.1) is 35.9 Å². The third-order valence-electron chi connectivity index (χ3n) is 8.43. The first-order valence-corrected chi connectivity index (χ1v) is 13.9. The number of aryl methyl sites for hydroxylation is 1. The van der Waals surface area contributed by atoms with Gasteiger partial charge in [0.2, 0.25) is 0 Å². The molecule has 196 valence electrons.